The molecule has 96 valence electrons. The number of benzene rings is 1. The minimum absolute atomic E-state index is 0.171. The molecule has 0 radical (unpaired) electrons. The maximum Gasteiger partial charge on any atom is 0.240 e. The number of sulfonamides is 1. The molecule has 0 aliphatic carbocycles. The molecule has 1 aromatic rings. The van der Waals surface area contributed by atoms with Crippen molar-refractivity contribution < 1.29 is 17.9 Å². The van der Waals surface area contributed by atoms with Crippen molar-refractivity contribution in [3.8, 4) is 5.75 Å². The standard InChI is InChI=1S/C11H17NO4S/c1-9(15-2)8-12-17(13,14)11-6-4-5-10(7-11)16-3/h4-7,9,12H,8H2,1-3H3. The fraction of sp³-hybridized carbons (Fsp3) is 0.455. The smallest absolute Gasteiger partial charge is 0.240 e. The Hall–Kier alpha value is -1.11. The summed E-state index contributed by atoms with van der Waals surface area (Å²) >= 11 is 0. The van der Waals surface area contributed by atoms with E-state index in [2.05, 4.69) is 4.72 Å². The van der Waals surface area contributed by atoms with Crippen molar-refractivity contribution in [2.24, 2.45) is 0 Å². The number of rotatable bonds is 6. The summed E-state index contributed by atoms with van der Waals surface area (Å²) < 4.78 is 36.2. The predicted octanol–water partition coefficient (Wildman–Crippen LogP) is 1.01. The highest BCUT2D eigenvalue weighted by molar-refractivity contribution is 7.89. The van der Waals surface area contributed by atoms with E-state index in [0.717, 1.165) is 0 Å². The Balaban J connectivity index is 2.82. The zero-order valence-corrected chi connectivity index (χ0v) is 11.0. The molecule has 0 saturated carbocycles. The fourth-order valence-electron chi connectivity index (χ4n) is 1.16. The van der Waals surface area contributed by atoms with Crippen molar-refractivity contribution in [3.05, 3.63) is 24.3 Å². The van der Waals surface area contributed by atoms with Gasteiger partial charge in [-0.2, -0.15) is 0 Å². The molecule has 0 bridgehead atoms. The van der Waals surface area contributed by atoms with Crippen molar-refractivity contribution >= 4 is 10.0 Å². The Morgan fingerprint density at radius 1 is 1.35 bits per heavy atom. The van der Waals surface area contributed by atoms with Gasteiger partial charge in [0.15, 0.2) is 0 Å². The van der Waals surface area contributed by atoms with E-state index in [1.54, 1.807) is 19.1 Å². The molecular weight excluding hydrogens is 242 g/mol. The Bertz CT molecular complexity index is 458. The Labute approximate surface area is 102 Å². The average molecular weight is 259 g/mol. The molecule has 1 N–H and O–H groups in total. The van der Waals surface area contributed by atoms with Crippen LogP contribution in [0, 0.1) is 0 Å². The summed E-state index contributed by atoms with van der Waals surface area (Å²) in [6.07, 6.45) is -0.171. The maximum atomic E-state index is 11.9. The maximum absolute atomic E-state index is 11.9. The topological polar surface area (TPSA) is 64.6 Å². The van der Waals surface area contributed by atoms with Crippen LogP contribution in [0.3, 0.4) is 0 Å². The van der Waals surface area contributed by atoms with E-state index in [1.165, 1.54) is 26.4 Å². The molecule has 17 heavy (non-hydrogen) atoms. The molecule has 1 atom stereocenters. The van der Waals surface area contributed by atoms with E-state index in [-0.39, 0.29) is 17.5 Å². The van der Waals surface area contributed by atoms with Gasteiger partial charge in [-0.3, -0.25) is 0 Å². The van der Waals surface area contributed by atoms with Crippen LogP contribution in [0.4, 0.5) is 0 Å². The van der Waals surface area contributed by atoms with E-state index in [0.29, 0.717) is 5.75 Å². The Kier molecular flexibility index (Phi) is 4.92. The lowest BCUT2D eigenvalue weighted by Crippen LogP contribution is -2.31. The molecule has 0 aliphatic rings. The first-order valence-electron chi connectivity index (χ1n) is 5.16. The van der Waals surface area contributed by atoms with Crippen LogP contribution in [0.15, 0.2) is 29.2 Å². The molecule has 0 aromatic heterocycles. The van der Waals surface area contributed by atoms with Crippen LogP contribution >= 0.6 is 0 Å². The summed E-state index contributed by atoms with van der Waals surface area (Å²) in [5.41, 5.74) is 0. The summed E-state index contributed by atoms with van der Waals surface area (Å²) in [4.78, 5) is 0.181. The van der Waals surface area contributed by atoms with Crippen molar-refractivity contribution in [3.63, 3.8) is 0 Å². The minimum Gasteiger partial charge on any atom is -0.497 e. The predicted molar refractivity (Wildman–Crippen MR) is 64.7 cm³/mol. The van der Waals surface area contributed by atoms with Crippen molar-refractivity contribution in [1.82, 2.24) is 4.72 Å². The van der Waals surface area contributed by atoms with Crippen LogP contribution in [-0.2, 0) is 14.8 Å². The van der Waals surface area contributed by atoms with Crippen LogP contribution < -0.4 is 9.46 Å². The third-order valence-corrected chi connectivity index (χ3v) is 3.74. The molecule has 0 amide bonds. The zero-order chi connectivity index (χ0) is 12.9. The highest BCUT2D eigenvalue weighted by atomic mass is 32.2. The van der Waals surface area contributed by atoms with Gasteiger partial charge in [-0.1, -0.05) is 6.07 Å². The van der Waals surface area contributed by atoms with Gasteiger partial charge in [-0.25, -0.2) is 13.1 Å². The second-order valence-corrected chi connectivity index (χ2v) is 5.34. The summed E-state index contributed by atoms with van der Waals surface area (Å²) in [5.74, 6) is 0.507. The molecule has 1 unspecified atom stereocenters. The highest BCUT2D eigenvalue weighted by Gasteiger charge is 2.15. The molecule has 1 rings (SSSR count). The van der Waals surface area contributed by atoms with Gasteiger partial charge in [-0.15, -0.1) is 0 Å². The monoisotopic (exact) mass is 259 g/mol. The van der Waals surface area contributed by atoms with Gasteiger partial charge in [0.05, 0.1) is 18.1 Å². The molecule has 0 spiro atoms. The van der Waals surface area contributed by atoms with E-state index in [1.807, 2.05) is 0 Å². The molecule has 0 aliphatic heterocycles. The van der Waals surface area contributed by atoms with E-state index < -0.39 is 10.0 Å². The third-order valence-electron chi connectivity index (χ3n) is 2.31. The van der Waals surface area contributed by atoms with E-state index >= 15 is 0 Å². The van der Waals surface area contributed by atoms with Crippen molar-refractivity contribution in [2.75, 3.05) is 20.8 Å². The molecule has 0 saturated heterocycles. The lowest BCUT2D eigenvalue weighted by molar-refractivity contribution is 0.122. The molecule has 0 heterocycles. The largest absolute Gasteiger partial charge is 0.497 e. The number of ether oxygens (including phenoxy) is 2. The van der Waals surface area contributed by atoms with Gasteiger partial charge in [0.2, 0.25) is 10.0 Å². The number of nitrogens with one attached hydrogen (secondary N) is 1. The molecule has 5 nitrogen and oxygen atoms in total. The molecule has 6 heteroatoms. The van der Waals surface area contributed by atoms with Gasteiger partial charge in [0.1, 0.15) is 5.75 Å². The summed E-state index contributed by atoms with van der Waals surface area (Å²) in [6.45, 7) is 2.02. The highest BCUT2D eigenvalue weighted by Crippen LogP contribution is 2.16. The van der Waals surface area contributed by atoms with Crippen LogP contribution in [0.5, 0.6) is 5.75 Å². The summed E-state index contributed by atoms with van der Waals surface area (Å²) in [5, 5.41) is 0. The second-order valence-electron chi connectivity index (χ2n) is 3.58. The lowest BCUT2D eigenvalue weighted by Gasteiger charge is -2.11. The minimum atomic E-state index is -3.51. The first-order valence-corrected chi connectivity index (χ1v) is 6.64. The Morgan fingerprint density at radius 3 is 2.65 bits per heavy atom. The van der Waals surface area contributed by atoms with Crippen LogP contribution in [0.1, 0.15) is 6.92 Å². The van der Waals surface area contributed by atoms with E-state index in [4.69, 9.17) is 9.47 Å². The van der Waals surface area contributed by atoms with E-state index in [9.17, 15) is 8.42 Å². The van der Waals surface area contributed by atoms with Gasteiger partial charge in [-0.05, 0) is 19.1 Å². The summed E-state index contributed by atoms with van der Waals surface area (Å²) in [7, 11) is -0.484. The van der Waals surface area contributed by atoms with Crippen molar-refractivity contribution in [1.29, 1.82) is 0 Å². The molecule has 1 aromatic carbocycles. The van der Waals surface area contributed by atoms with Crippen LogP contribution in [-0.4, -0.2) is 35.3 Å². The normalized spacial score (nSPS) is 13.4. The number of hydrogen-bond acceptors (Lipinski definition) is 4. The lowest BCUT2D eigenvalue weighted by atomic mass is 10.3. The van der Waals surface area contributed by atoms with Gasteiger partial charge in [0.25, 0.3) is 0 Å². The number of hydrogen-bond donors (Lipinski definition) is 1. The first-order chi connectivity index (χ1) is 7.99. The van der Waals surface area contributed by atoms with Gasteiger partial charge < -0.3 is 9.47 Å². The molecular formula is C11H17NO4S. The first kappa shape index (κ1) is 14.0. The SMILES string of the molecule is COc1cccc(S(=O)(=O)NCC(C)OC)c1. The fourth-order valence-corrected chi connectivity index (χ4v) is 2.31. The van der Waals surface area contributed by atoms with Crippen molar-refractivity contribution in [2.45, 2.75) is 17.9 Å². The second kappa shape index (κ2) is 6.00. The van der Waals surface area contributed by atoms with Gasteiger partial charge >= 0.3 is 0 Å². The third kappa shape index (κ3) is 3.99. The average Bonchev–Trinajstić information content (AvgIpc) is 2.36. The number of methoxy groups -OCH3 is 2. The van der Waals surface area contributed by atoms with Gasteiger partial charge in [0, 0.05) is 19.7 Å². The van der Waals surface area contributed by atoms with Crippen LogP contribution in [0.25, 0.3) is 0 Å². The molecule has 0 fully saturated rings. The Morgan fingerprint density at radius 2 is 2.06 bits per heavy atom. The summed E-state index contributed by atoms with van der Waals surface area (Å²) in [6, 6.07) is 6.31. The zero-order valence-electron chi connectivity index (χ0n) is 10.1. The van der Waals surface area contributed by atoms with Crippen LogP contribution in [0.2, 0.25) is 0 Å². The quantitative estimate of drug-likeness (QED) is 0.828.